The maximum absolute atomic E-state index is 13.6. The lowest BCUT2D eigenvalue weighted by Gasteiger charge is -2.38. The number of aromatic nitrogens is 2. The maximum atomic E-state index is 13.6. The number of amides is 1. The van der Waals surface area contributed by atoms with Gasteiger partial charge in [-0.1, -0.05) is 18.2 Å². The third-order valence-corrected chi connectivity index (χ3v) is 9.79. The number of alkyl halides is 2. The van der Waals surface area contributed by atoms with Crippen LogP contribution in [0.1, 0.15) is 57.4 Å². The lowest BCUT2D eigenvalue weighted by molar-refractivity contribution is -0.117. The van der Waals surface area contributed by atoms with E-state index < -0.39 is 15.9 Å². The van der Waals surface area contributed by atoms with Gasteiger partial charge in [0.25, 0.3) is 0 Å². The number of hydrogen-bond donors (Lipinski definition) is 2. The lowest BCUT2D eigenvalue weighted by atomic mass is 9.88. The van der Waals surface area contributed by atoms with Crippen LogP contribution in [-0.2, 0) is 14.8 Å². The molecule has 212 valence electrons. The number of aromatic amines is 1. The highest BCUT2D eigenvalue weighted by Gasteiger charge is 2.38. The Balaban J connectivity index is 1.33. The normalized spacial score (nSPS) is 19.7. The molecule has 9 nitrogen and oxygen atoms in total. The van der Waals surface area contributed by atoms with Gasteiger partial charge in [-0.05, 0) is 69.7 Å². The second-order valence-corrected chi connectivity index (χ2v) is 12.7. The molecule has 0 bridgehead atoms. The number of para-hydroxylation sites is 1. The van der Waals surface area contributed by atoms with Crippen LogP contribution in [0.25, 0.3) is 0 Å². The number of hydrogen-bond acceptors (Lipinski definition) is 6. The van der Waals surface area contributed by atoms with E-state index in [0.29, 0.717) is 17.9 Å². The number of anilines is 2. The molecule has 2 N–H and O–H groups in total. The summed E-state index contributed by atoms with van der Waals surface area (Å²) >= 11 is 0. The fourth-order valence-corrected chi connectivity index (χ4v) is 7.50. The molecular formula is C27H36F2N6O3S. The predicted octanol–water partition coefficient (Wildman–Crippen LogP) is 4.37. The second-order valence-electron chi connectivity index (χ2n) is 10.8. The van der Waals surface area contributed by atoms with E-state index in [9.17, 15) is 22.0 Å². The molecule has 1 atom stereocenters. The molecule has 1 saturated carbocycles. The molecule has 39 heavy (non-hydrogen) atoms. The minimum Gasteiger partial charge on any atom is -0.310 e. The molecule has 1 aliphatic heterocycles. The number of piperidine rings is 1. The van der Waals surface area contributed by atoms with Gasteiger partial charge in [-0.3, -0.25) is 19.1 Å². The molecule has 1 amide bonds. The molecule has 0 spiro atoms. The fraction of sp³-hybridized carbons (Fsp3) is 0.593. The SMILES string of the molecule is C[C@H](CN(c1ccccc1)S(=O)(=O)CC1CCC(F)(F)CC1)N1CCC(CC(=O)Nc2[nH]ncc2C#N)CC1. The number of H-pyrrole nitrogens is 1. The Bertz CT molecular complexity index is 1250. The van der Waals surface area contributed by atoms with Gasteiger partial charge in [-0.15, -0.1) is 0 Å². The number of rotatable bonds is 10. The van der Waals surface area contributed by atoms with Crippen LogP contribution in [0, 0.1) is 23.2 Å². The van der Waals surface area contributed by atoms with E-state index in [2.05, 4.69) is 20.4 Å². The van der Waals surface area contributed by atoms with Crippen LogP contribution >= 0.6 is 0 Å². The first-order chi connectivity index (χ1) is 18.6. The van der Waals surface area contributed by atoms with E-state index in [1.165, 1.54) is 10.5 Å². The van der Waals surface area contributed by atoms with Gasteiger partial charge >= 0.3 is 0 Å². The highest BCUT2D eigenvalue weighted by atomic mass is 32.2. The first kappa shape index (κ1) is 29.0. The number of halogens is 2. The first-order valence-electron chi connectivity index (χ1n) is 13.5. The zero-order valence-electron chi connectivity index (χ0n) is 22.2. The van der Waals surface area contributed by atoms with Crippen molar-refractivity contribution in [3.63, 3.8) is 0 Å². The lowest BCUT2D eigenvalue weighted by Crippen LogP contribution is -2.48. The average molecular weight is 563 g/mol. The highest BCUT2D eigenvalue weighted by molar-refractivity contribution is 7.92. The van der Waals surface area contributed by atoms with Crippen LogP contribution in [0.5, 0.6) is 0 Å². The molecule has 0 radical (unpaired) electrons. The quantitative estimate of drug-likeness (QED) is 0.443. The minimum absolute atomic E-state index is 0.0753. The van der Waals surface area contributed by atoms with E-state index >= 15 is 0 Å². The van der Waals surface area contributed by atoms with Gasteiger partial charge in [0.15, 0.2) is 0 Å². The number of benzene rings is 1. The number of nitriles is 1. The topological polar surface area (TPSA) is 122 Å². The molecule has 12 heteroatoms. The van der Waals surface area contributed by atoms with E-state index in [-0.39, 0.29) is 67.3 Å². The Morgan fingerprint density at radius 3 is 2.51 bits per heavy atom. The third kappa shape index (κ3) is 7.76. The molecule has 1 aliphatic carbocycles. The van der Waals surface area contributed by atoms with Gasteiger partial charge in [0, 0.05) is 31.8 Å². The predicted molar refractivity (Wildman–Crippen MR) is 145 cm³/mol. The Morgan fingerprint density at radius 2 is 1.87 bits per heavy atom. The van der Waals surface area contributed by atoms with Crippen LogP contribution in [0.3, 0.4) is 0 Å². The van der Waals surface area contributed by atoms with Crippen LogP contribution in [0.15, 0.2) is 36.5 Å². The summed E-state index contributed by atoms with van der Waals surface area (Å²) < 4.78 is 55.8. The van der Waals surface area contributed by atoms with Gasteiger partial charge in [0.05, 0.1) is 17.6 Å². The number of likely N-dealkylation sites (tertiary alicyclic amines) is 1. The molecule has 1 aromatic carbocycles. The largest absolute Gasteiger partial charge is 0.310 e. The summed E-state index contributed by atoms with van der Waals surface area (Å²) in [7, 11) is -3.73. The average Bonchev–Trinajstić information content (AvgIpc) is 3.36. The molecule has 2 fully saturated rings. The summed E-state index contributed by atoms with van der Waals surface area (Å²) in [5.74, 6) is -2.79. The standard InChI is InChI=1S/C27H36F2N6O3S/c1-20(34-13-9-21(10-14-34)15-25(36)32-26-23(16-30)17-31-33-26)18-35(24-5-3-2-4-6-24)39(37,38)19-22-7-11-27(28,29)12-8-22/h2-6,17,20-22H,7-15,18-19H2,1H3,(H2,31,32,33,36)/t20-/m1/s1. The summed E-state index contributed by atoms with van der Waals surface area (Å²) in [6, 6.07) is 10.8. The second kappa shape index (κ2) is 12.4. The Kier molecular flexibility index (Phi) is 9.23. The molecule has 1 saturated heterocycles. The van der Waals surface area contributed by atoms with Crippen LogP contribution < -0.4 is 9.62 Å². The van der Waals surface area contributed by atoms with Crippen LogP contribution in [0.4, 0.5) is 20.3 Å². The van der Waals surface area contributed by atoms with Gasteiger partial charge in [-0.2, -0.15) is 10.4 Å². The summed E-state index contributed by atoms with van der Waals surface area (Å²) in [5.41, 5.74) is 0.860. The van der Waals surface area contributed by atoms with Crippen molar-refractivity contribution in [3.05, 3.63) is 42.1 Å². The fourth-order valence-electron chi connectivity index (χ4n) is 5.50. The van der Waals surface area contributed by atoms with Crippen molar-refractivity contribution in [3.8, 4) is 6.07 Å². The number of nitrogens with zero attached hydrogens (tertiary/aromatic N) is 4. The van der Waals surface area contributed by atoms with Gasteiger partial charge < -0.3 is 5.32 Å². The highest BCUT2D eigenvalue weighted by Crippen LogP contribution is 2.37. The number of nitrogens with one attached hydrogen (secondary N) is 2. The molecule has 0 unspecified atom stereocenters. The maximum Gasteiger partial charge on any atom is 0.248 e. The molecule has 2 aliphatic rings. The van der Waals surface area contributed by atoms with Gasteiger partial charge in [-0.25, -0.2) is 17.2 Å². The Morgan fingerprint density at radius 1 is 1.21 bits per heavy atom. The van der Waals surface area contributed by atoms with Crippen molar-refractivity contribution in [2.24, 2.45) is 11.8 Å². The smallest absolute Gasteiger partial charge is 0.248 e. The first-order valence-corrected chi connectivity index (χ1v) is 15.1. The van der Waals surface area contributed by atoms with Crippen molar-refractivity contribution >= 4 is 27.4 Å². The third-order valence-electron chi connectivity index (χ3n) is 7.86. The summed E-state index contributed by atoms with van der Waals surface area (Å²) in [4.78, 5) is 14.7. The van der Waals surface area contributed by atoms with Crippen molar-refractivity contribution in [2.75, 3.05) is 35.0 Å². The number of sulfonamides is 1. The van der Waals surface area contributed by atoms with E-state index in [0.717, 1.165) is 25.9 Å². The van der Waals surface area contributed by atoms with Crippen molar-refractivity contribution in [1.29, 1.82) is 5.26 Å². The van der Waals surface area contributed by atoms with Crippen molar-refractivity contribution < 1.29 is 22.0 Å². The van der Waals surface area contributed by atoms with Gasteiger partial charge in [0.1, 0.15) is 17.5 Å². The Hall–Kier alpha value is -3.04. The number of carbonyl (C=O) groups is 1. The van der Waals surface area contributed by atoms with Crippen molar-refractivity contribution in [2.45, 2.75) is 63.8 Å². The van der Waals surface area contributed by atoms with Crippen LogP contribution in [0.2, 0.25) is 0 Å². The van der Waals surface area contributed by atoms with E-state index in [1.807, 2.05) is 19.1 Å². The minimum atomic E-state index is -3.73. The molecule has 2 heterocycles. The summed E-state index contributed by atoms with van der Waals surface area (Å²) in [6.45, 7) is 3.72. The van der Waals surface area contributed by atoms with E-state index in [4.69, 9.17) is 5.26 Å². The summed E-state index contributed by atoms with van der Waals surface area (Å²) in [6.07, 6.45) is 3.18. The molecule has 2 aromatic rings. The number of carbonyl (C=O) groups excluding carboxylic acids is 1. The van der Waals surface area contributed by atoms with Gasteiger partial charge in [0.2, 0.25) is 21.9 Å². The zero-order chi connectivity index (χ0) is 28.0. The monoisotopic (exact) mass is 562 g/mol. The molecule has 4 rings (SSSR count). The Labute approximate surface area is 228 Å². The molecular weight excluding hydrogens is 526 g/mol. The van der Waals surface area contributed by atoms with Crippen LogP contribution in [-0.4, -0.2) is 66.8 Å². The summed E-state index contributed by atoms with van der Waals surface area (Å²) in [5, 5.41) is 18.2. The zero-order valence-corrected chi connectivity index (χ0v) is 23.0. The molecule has 1 aromatic heterocycles. The van der Waals surface area contributed by atoms with Crippen molar-refractivity contribution in [1.82, 2.24) is 15.1 Å². The van der Waals surface area contributed by atoms with E-state index in [1.54, 1.807) is 24.3 Å².